The summed E-state index contributed by atoms with van der Waals surface area (Å²) in [6, 6.07) is 4.04. The molecule has 5 heteroatoms. The molecule has 0 aromatic heterocycles. The van der Waals surface area contributed by atoms with Gasteiger partial charge in [0.25, 0.3) is 0 Å². The third-order valence-corrected chi connectivity index (χ3v) is 3.04. The van der Waals surface area contributed by atoms with E-state index in [0.717, 1.165) is 35.3 Å². The van der Waals surface area contributed by atoms with E-state index in [9.17, 15) is 0 Å². The van der Waals surface area contributed by atoms with Crippen LogP contribution in [0.3, 0.4) is 0 Å². The lowest BCUT2D eigenvalue weighted by atomic mass is 10.2. The van der Waals surface area contributed by atoms with Crippen molar-refractivity contribution in [1.82, 2.24) is 5.32 Å². The molecular weight excluding hydrogens is 310 g/mol. The van der Waals surface area contributed by atoms with Gasteiger partial charge in [-0.05, 0) is 53.5 Å². The lowest BCUT2D eigenvalue weighted by Gasteiger charge is -2.15. The average molecular weight is 332 g/mol. The summed E-state index contributed by atoms with van der Waals surface area (Å²) in [6.45, 7) is 6.72. The molecule has 4 nitrogen and oxygen atoms in total. The maximum atomic E-state index is 5.62. The Morgan fingerprint density at radius 2 is 2.00 bits per heavy atom. The van der Waals surface area contributed by atoms with Crippen molar-refractivity contribution in [2.24, 2.45) is 0 Å². The van der Waals surface area contributed by atoms with Gasteiger partial charge in [0, 0.05) is 13.7 Å². The van der Waals surface area contributed by atoms with Crippen LogP contribution in [0.25, 0.3) is 0 Å². The largest absolute Gasteiger partial charge is 0.490 e. The molecular formula is C14H22BrNO3. The van der Waals surface area contributed by atoms with E-state index in [1.165, 1.54) is 0 Å². The van der Waals surface area contributed by atoms with Crippen LogP contribution in [0.15, 0.2) is 16.6 Å². The quantitative estimate of drug-likeness (QED) is 0.556. The number of nitrogens with one attached hydrogen (secondary N) is 1. The smallest absolute Gasteiger partial charge is 0.188 e. The molecule has 0 amide bonds. The van der Waals surface area contributed by atoms with Crippen molar-refractivity contribution in [3.63, 3.8) is 0 Å². The molecule has 0 saturated carbocycles. The van der Waals surface area contributed by atoms with Gasteiger partial charge in [0.2, 0.25) is 0 Å². The van der Waals surface area contributed by atoms with E-state index < -0.39 is 0 Å². The summed E-state index contributed by atoms with van der Waals surface area (Å²) in [6.07, 6.45) is 1.12. The molecule has 0 aliphatic rings. The minimum absolute atomic E-state index is 0.201. The summed E-state index contributed by atoms with van der Waals surface area (Å²) in [5, 5.41) is 3.37. The highest BCUT2D eigenvalue weighted by molar-refractivity contribution is 9.10. The van der Waals surface area contributed by atoms with Crippen LogP contribution in [0.4, 0.5) is 0 Å². The standard InChI is InChI=1S/C14H22BrNO3/c1-4-6-16-9-11-7-12(15)14(19-10-17-3)13(8-11)18-5-2/h7-8,16H,4-6,9-10H2,1-3H3. The summed E-state index contributed by atoms with van der Waals surface area (Å²) < 4.78 is 17.0. The molecule has 1 aromatic rings. The summed E-state index contributed by atoms with van der Waals surface area (Å²) in [7, 11) is 1.59. The molecule has 19 heavy (non-hydrogen) atoms. The third kappa shape index (κ3) is 5.38. The van der Waals surface area contributed by atoms with E-state index in [4.69, 9.17) is 14.2 Å². The van der Waals surface area contributed by atoms with Crippen LogP contribution in [-0.2, 0) is 11.3 Å². The van der Waals surface area contributed by atoms with Gasteiger partial charge in [0.15, 0.2) is 18.3 Å². The van der Waals surface area contributed by atoms with Crippen LogP contribution in [0.2, 0.25) is 0 Å². The Morgan fingerprint density at radius 1 is 1.21 bits per heavy atom. The summed E-state index contributed by atoms with van der Waals surface area (Å²) in [4.78, 5) is 0. The second-order valence-corrected chi connectivity index (χ2v) is 4.92. The lowest BCUT2D eigenvalue weighted by Crippen LogP contribution is -2.14. The number of benzene rings is 1. The van der Waals surface area contributed by atoms with E-state index in [-0.39, 0.29) is 6.79 Å². The van der Waals surface area contributed by atoms with Gasteiger partial charge in [0.05, 0.1) is 11.1 Å². The number of hydrogen-bond acceptors (Lipinski definition) is 4. The zero-order valence-electron chi connectivity index (χ0n) is 11.8. The second-order valence-electron chi connectivity index (χ2n) is 4.07. The first-order valence-electron chi connectivity index (χ1n) is 6.50. The van der Waals surface area contributed by atoms with Crippen molar-refractivity contribution in [2.45, 2.75) is 26.8 Å². The Labute approximate surface area is 123 Å². The van der Waals surface area contributed by atoms with E-state index in [1.807, 2.05) is 19.1 Å². The highest BCUT2D eigenvalue weighted by Gasteiger charge is 2.12. The Balaban J connectivity index is 2.86. The molecule has 0 aliphatic carbocycles. The van der Waals surface area contributed by atoms with Crippen molar-refractivity contribution in [1.29, 1.82) is 0 Å². The molecule has 0 saturated heterocycles. The van der Waals surface area contributed by atoms with Crippen LogP contribution in [-0.4, -0.2) is 27.1 Å². The summed E-state index contributed by atoms with van der Waals surface area (Å²) in [5.41, 5.74) is 1.16. The van der Waals surface area contributed by atoms with Crippen LogP contribution in [0.5, 0.6) is 11.5 Å². The van der Waals surface area contributed by atoms with E-state index >= 15 is 0 Å². The van der Waals surface area contributed by atoms with Gasteiger partial charge in [-0.1, -0.05) is 6.92 Å². The number of rotatable bonds is 9. The predicted molar refractivity (Wildman–Crippen MR) is 79.8 cm³/mol. The second kappa shape index (κ2) is 9.18. The molecule has 1 aromatic carbocycles. The Kier molecular flexibility index (Phi) is 7.86. The normalized spacial score (nSPS) is 10.5. The maximum Gasteiger partial charge on any atom is 0.188 e. The Hall–Kier alpha value is -0.780. The molecule has 108 valence electrons. The fourth-order valence-electron chi connectivity index (χ4n) is 1.65. The highest BCUT2D eigenvalue weighted by atomic mass is 79.9. The van der Waals surface area contributed by atoms with Crippen molar-refractivity contribution in [3.05, 3.63) is 22.2 Å². The first-order valence-corrected chi connectivity index (χ1v) is 7.29. The van der Waals surface area contributed by atoms with Crippen LogP contribution >= 0.6 is 15.9 Å². The first-order chi connectivity index (χ1) is 9.22. The number of hydrogen-bond donors (Lipinski definition) is 1. The van der Waals surface area contributed by atoms with Crippen LogP contribution in [0, 0.1) is 0 Å². The lowest BCUT2D eigenvalue weighted by molar-refractivity contribution is 0.0481. The average Bonchev–Trinajstić information content (AvgIpc) is 2.38. The van der Waals surface area contributed by atoms with Crippen LogP contribution < -0.4 is 14.8 Å². The minimum Gasteiger partial charge on any atom is -0.490 e. The summed E-state index contributed by atoms with van der Waals surface area (Å²) >= 11 is 3.52. The van der Waals surface area contributed by atoms with Crippen molar-refractivity contribution < 1.29 is 14.2 Å². The molecule has 0 spiro atoms. The molecule has 0 fully saturated rings. The van der Waals surface area contributed by atoms with E-state index in [0.29, 0.717) is 12.4 Å². The fraction of sp³-hybridized carbons (Fsp3) is 0.571. The monoisotopic (exact) mass is 331 g/mol. The maximum absolute atomic E-state index is 5.62. The number of ether oxygens (including phenoxy) is 3. The predicted octanol–water partition coefficient (Wildman–Crippen LogP) is 3.33. The Morgan fingerprint density at radius 3 is 2.63 bits per heavy atom. The molecule has 0 aliphatic heterocycles. The van der Waals surface area contributed by atoms with Crippen molar-refractivity contribution in [3.8, 4) is 11.5 Å². The molecule has 0 atom stereocenters. The molecule has 0 bridgehead atoms. The van der Waals surface area contributed by atoms with Gasteiger partial charge < -0.3 is 19.5 Å². The van der Waals surface area contributed by atoms with Crippen LogP contribution in [0.1, 0.15) is 25.8 Å². The highest BCUT2D eigenvalue weighted by Crippen LogP contribution is 2.36. The van der Waals surface area contributed by atoms with Crippen molar-refractivity contribution in [2.75, 3.05) is 27.1 Å². The van der Waals surface area contributed by atoms with Gasteiger partial charge in [-0.3, -0.25) is 0 Å². The van der Waals surface area contributed by atoms with Gasteiger partial charge in [-0.15, -0.1) is 0 Å². The topological polar surface area (TPSA) is 39.7 Å². The third-order valence-electron chi connectivity index (χ3n) is 2.45. The zero-order valence-corrected chi connectivity index (χ0v) is 13.4. The van der Waals surface area contributed by atoms with Gasteiger partial charge in [-0.25, -0.2) is 0 Å². The molecule has 0 radical (unpaired) electrons. The molecule has 0 unspecified atom stereocenters. The van der Waals surface area contributed by atoms with Gasteiger partial charge in [0.1, 0.15) is 0 Å². The Bertz CT molecular complexity index is 385. The zero-order chi connectivity index (χ0) is 14.1. The number of halogens is 1. The fourth-order valence-corrected chi connectivity index (χ4v) is 2.26. The minimum atomic E-state index is 0.201. The van der Waals surface area contributed by atoms with Gasteiger partial charge >= 0.3 is 0 Å². The molecule has 1 N–H and O–H groups in total. The molecule has 0 heterocycles. The van der Waals surface area contributed by atoms with E-state index in [1.54, 1.807) is 7.11 Å². The van der Waals surface area contributed by atoms with E-state index in [2.05, 4.69) is 28.2 Å². The van der Waals surface area contributed by atoms with Gasteiger partial charge in [-0.2, -0.15) is 0 Å². The van der Waals surface area contributed by atoms with Crippen molar-refractivity contribution >= 4 is 15.9 Å². The SMILES string of the molecule is CCCNCc1cc(Br)c(OCOC)c(OCC)c1. The summed E-state index contributed by atoms with van der Waals surface area (Å²) in [5.74, 6) is 1.42. The molecule has 1 rings (SSSR count). The first kappa shape index (κ1) is 16.3. The number of methoxy groups -OCH3 is 1.